The van der Waals surface area contributed by atoms with Crippen LogP contribution in [0.25, 0.3) is 0 Å². The van der Waals surface area contributed by atoms with E-state index in [2.05, 4.69) is 6.58 Å². The van der Waals surface area contributed by atoms with Gasteiger partial charge in [0.2, 0.25) is 0 Å². The molecule has 23 heavy (non-hydrogen) atoms. The number of nitrogens with zero attached hydrogens (tertiary/aromatic N) is 1. The molecule has 1 aromatic carbocycles. The third-order valence-electron chi connectivity index (χ3n) is 3.89. The number of carbonyl (C=O) groups excluding carboxylic acids is 1. The van der Waals surface area contributed by atoms with Crippen molar-refractivity contribution < 1.29 is 19.0 Å². The van der Waals surface area contributed by atoms with Crippen LogP contribution < -0.4 is 9.47 Å². The third-order valence-corrected chi connectivity index (χ3v) is 3.89. The topological polar surface area (TPSA) is 48.0 Å². The van der Waals surface area contributed by atoms with E-state index in [1.165, 1.54) is 0 Å². The molecule has 1 saturated heterocycles. The van der Waals surface area contributed by atoms with Gasteiger partial charge in [0.1, 0.15) is 0 Å². The number of methoxy groups -OCH3 is 1. The first-order valence-electron chi connectivity index (χ1n) is 7.86. The minimum absolute atomic E-state index is 0.00573. The van der Waals surface area contributed by atoms with Crippen LogP contribution in [-0.4, -0.2) is 49.8 Å². The van der Waals surface area contributed by atoms with Crippen molar-refractivity contribution in [2.24, 2.45) is 0 Å². The van der Waals surface area contributed by atoms with Gasteiger partial charge in [-0.2, -0.15) is 0 Å². The standard InChI is InChI=1S/C18H25NO4/c1-5-6-15-7-8-16(17(9-15)21-4)23-12-18(20)19-10-14(3)22-11-13(19)2/h5,7-9,13-14H,1,6,10-12H2,2-4H3. The van der Waals surface area contributed by atoms with E-state index in [0.717, 1.165) is 12.0 Å². The van der Waals surface area contributed by atoms with Crippen molar-refractivity contribution in [3.05, 3.63) is 36.4 Å². The molecule has 0 aromatic heterocycles. The van der Waals surface area contributed by atoms with Crippen LogP contribution in [-0.2, 0) is 16.0 Å². The molecule has 1 fully saturated rings. The van der Waals surface area contributed by atoms with Crippen molar-refractivity contribution in [1.82, 2.24) is 4.90 Å². The molecule has 0 saturated carbocycles. The number of rotatable bonds is 6. The largest absolute Gasteiger partial charge is 0.493 e. The maximum absolute atomic E-state index is 12.4. The fourth-order valence-electron chi connectivity index (χ4n) is 2.60. The Balaban J connectivity index is 1.99. The molecule has 0 N–H and O–H groups in total. The van der Waals surface area contributed by atoms with E-state index in [9.17, 15) is 4.79 Å². The smallest absolute Gasteiger partial charge is 0.260 e. The maximum Gasteiger partial charge on any atom is 0.260 e. The zero-order chi connectivity index (χ0) is 16.8. The number of morpholine rings is 1. The van der Waals surface area contributed by atoms with Crippen LogP contribution in [0.2, 0.25) is 0 Å². The SMILES string of the molecule is C=CCc1ccc(OCC(=O)N2CC(C)OCC2C)c(OC)c1. The van der Waals surface area contributed by atoms with Gasteiger partial charge >= 0.3 is 0 Å². The zero-order valence-corrected chi connectivity index (χ0v) is 14.1. The Morgan fingerprint density at radius 1 is 1.43 bits per heavy atom. The summed E-state index contributed by atoms with van der Waals surface area (Å²) in [6.07, 6.45) is 2.65. The molecule has 1 aromatic rings. The number of ether oxygens (including phenoxy) is 3. The first-order chi connectivity index (χ1) is 11.0. The van der Waals surface area contributed by atoms with Crippen LogP contribution in [0.5, 0.6) is 11.5 Å². The van der Waals surface area contributed by atoms with E-state index in [4.69, 9.17) is 14.2 Å². The highest BCUT2D eigenvalue weighted by Crippen LogP contribution is 2.28. The molecule has 1 aliphatic rings. The minimum Gasteiger partial charge on any atom is -0.493 e. The highest BCUT2D eigenvalue weighted by Gasteiger charge is 2.27. The Labute approximate surface area is 137 Å². The predicted molar refractivity (Wildman–Crippen MR) is 89.0 cm³/mol. The molecule has 126 valence electrons. The lowest BCUT2D eigenvalue weighted by Gasteiger charge is -2.36. The minimum atomic E-state index is -0.0372. The average Bonchev–Trinajstić information content (AvgIpc) is 2.55. The second-order valence-corrected chi connectivity index (χ2v) is 5.81. The summed E-state index contributed by atoms with van der Waals surface area (Å²) in [5, 5.41) is 0. The van der Waals surface area contributed by atoms with E-state index >= 15 is 0 Å². The number of amides is 1. The summed E-state index contributed by atoms with van der Waals surface area (Å²) in [4.78, 5) is 14.2. The molecule has 2 atom stereocenters. The molecule has 1 aliphatic heterocycles. The summed E-state index contributed by atoms with van der Waals surface area (Å²) in [6, 6.07) is 5.75. The Kier molecular flexibility index (Phi) is 6.04. The second-order valence-electron chi connectivity index (χ2n) is 5.81. The molecule has 5 heteroatoms. The van der Waals surface area contributed by atoms with Crippen LogP contribution in [0.3, 0.4) is 0 Å². The lowest BCUT2D eigenvalue weighted by atomic mass is 10.1. The summed E-state index contributed by atoms with van der Waals surface area (Å²) in [5.74, 6) is 1.16. The number of carbonyl (C=O) groups is 1. The van der Waals surface area contributed by atoms with Gasteiger partial charge in [0.05, 0.1) is 25.9 Å². The van der Waals surface area contributed by atoms with Gasteiger partial charge in [0.25, 0.3) is 5.91 Å². The van der Waals surface area contributed by atoms with Gasteiger partial charge in [-0.1, -0.05) is 12.1 Å². The fraction of sp³-hybridized carbons (Fsp3) is 0.500. The first kappa shape index (κ1) is 17.3. The Morgan fingerprint density at radius 2 is 2.22 bits per heavy atom. The zero-order valence-electron chi connectivity index (χ0n) is 14.1. The van der Waals surface area contributed by atoms with Gasteiger partial charge in [-0.3, -0.25) is 4.79 Å². The van der Waals surface area contributed by atoms with Crippen molar-refractivity contribution in [3.8, 4) is 11.5 Å². The van der Waals surface area contributed by atoms with E-state index in [-0.39, 0.29) is 24.7 Å². The third kappa shape index (κ3) is 4.48. The van der Waals surface area contributed by atoms with Crippen molar-refractivity contribution in [1.29, 1.82) is 0 Å². The Bertz CT molecular complexity index is 558. The van der Waals surface area contributed by atoms with Gasteiger partial charge < -0.3 is 19.1 Å². The molecule has 0 bridgehead atoms. The monoisotopic (exact) mass is 319 g/mol. The summed E-state index contributed by atoms with van der Waals surface area (Å²) in [6.45, 7) is 8.83. The number of benzene rings is 1. The molecular formula is C18H25NO4. The molecule has 1 amide bonds. The van der Waals surface area contributed by atoms with Crippen molar-refractivity contribution >= 4 is 5.91 Å². The summed E-state index contributed by atoms with van der Waals surface area (Å²) < 4.78 is 16.6. The van der Waals surface area contributed by atoms with Crippen LogP contribution in [0.15, 0.2) is 30.9 Å². The van der Waals surface area contributed by atoms with Crippen LogP contribution in [0.4, 0.5) is 0 Å². The molecule has 0 radical (unpaired) electrons. The first-order valence-corrected chi connectivity index (χ1v) is 7.86. The quantitative estimate of drug-likeness (QED) is 0.756. The summed E-state index contributed by atoms with van der Waals surface area (Å²) in [5.41, 5.74) is 1.09. The Morgan fingerprint density at radius 3 is 2.91 bits per heavy atom. The molecule has 0 spiro atoms. The molecule has 0 aliphatic carbocycles. The summed E-state index contributed by atoms with van der Waals surface area (Å²) in [7, 11) is 1.59. The number of hydrogen-bond acceptors (Lipinski definition) is 4. The van der Waals surface area contributed by atoms with Crippen LogP contribution in [0, 0.1) is 0 Å². The van der Waals surface area contributed by atoms with Crippen molar-refractivity contribution in [2.45, 2.75) is 32.4 Å². The van der Waals surface area contributed by atoms with Gasteiger partial charge in [0.15, 0.2) is 18.1 Å². The number of allylic oxidation sites excluding steroid dienone is 1. The number of hydrogen-bond donors (Lipinski definition) is 0. The van der Waals surface area contributed by atoms with Gasteiger partial charge in [0, 0.05) is 6.54 Å². The van der Waals surface area contributed by atoms with E-state index in [0.29, 0.717) is 24.7 Å². The molecule has 2 unspecified atom stereocenters. The van der Waals surface area contributed by atoms with E-state index in [1.807, 2.05) is 43.0 Å². The lowest BCUT2D eigenvalue weighted by Crippen LogP contribution is -2.51. The van der Waals surface area contributed by atoms with Crippen LogP contribution in [0.1, 0.15) is 19.4 Å². The normalized spacial score (nSPS) is 20.9. The fourth-order valence-corrected chi connectivity index (χ4v) is 2.60. The second kappa shape index (κ2) is 8.02. The van der Waals surface area contributed by atoms with E-state index < -0.39 is 0 Å². The average molecular weight is 319 g/mol. The molecule has 1 heterocycles. The molecular weight excluding hydrogens is 294 g/mol. The van der Waals surface area contributed by atoms with Gasteiger partial charge in [-0.15, -0.1) is 6.58 Å². The molecule has 5 nitrogen and oxygen atoms in total. The molecule has 2 rings (SSSR count). The van der Waals surface area contributed by atoms with E-state index in [1.54, 1.807) is 7.11 Å². The lowest BCUT2D eigenvalue weighted by molar-refractivity contribution is -0.145. The van der Waals surface area contributed by atoms with Crippen LogP contribution >= 0.6 is 0 Å². The highest BCUT2D eigenvalue weighted by atomic mass is 16.5. The van der Waals surface area contributed by atoms with Crippen molar-refractivity contribution in [3.63, 3.8) is 0 Å². The predicted octanol–water partition coefficient (Wildman–Crippen LogP) is 2.44. The summed E-state index contributed by atoms with van der Waals surface area (Å²) >= 11 is 0. The Hall–Kier alpha value is -2.01. The highest BCUT2D eigenvalue weighted by molar-refractivity contribution is 5.78. The van der Waals surface area contributed by atoms with Gasteiger partial charge in [-0.05, 0) is 38.0 Å². The van der Waals surface area contributed by atoms with Crippen molar-refractivity contribution in [2.75, 3.05) is 26.9 Å². The maximum atomic E-state index is 12.4. The van der Waals surface area contributed by atoms with Gasteiger partial charge in [-0.25, -0.2) is 0 Å².